The van der Waals surface area contributed by atoms with E-state index in [0.29, 0.717) is 5.69 Å². The lowest BCUT2D eigenvalue weighted by molar-refractivity contribution is -0.138. The summed E-state index contributed by atoms with van der Waals surface area (Å²) in [5.41, 5.74) is 1.24. The van der Waals surface area contributed by atoms with Crippen LogP contribution in [0.1, 0.15) is 30.8 Å². The zero-order chi connectivity index (χ0) is 13.5. The van der Waals surface area contributed by atoms with E-state index in [1.165, 1.54) is 14.0 Å². The van der Waals surface area contributed by atoms with Crippen molar-refractivity contribution >= 4 is 17.4 Å². The molecule has 0 amide bonds. The molecule has 0 saturated carbocycles. The third-order valence-electron chi connectivity index (χ3n) is 2.51. The fraction of sp³-hybridized carbons (Fsp3) is 0.462. The van der Waals surface area contributed by atoms with Crippen molar-refractivity contribution in [1.29, 1.82) is 0 Å². The van der Waals surface area contributed by atoms with Gasteiger partial charge in [0, 0.05) is 13.5 Å². The summed E-state index contributed by atoms with van der Waals surface area (Å²) >= 11 is 0. The molecular weight excluding hydrogens is 232 g/mol. The Balaban J connectivity index is 2.84. The topological polar surface area (TPSA) is 59.5 Å². The SMILES string of the molecule is CCCN(CC(=O)OC)c1ccc(C(C)=O)nc1. The molecule has 0 aliphatic carbocycles. The van der Waals surface area contributed by atoms with Gasteiger partial charge in [0.1, 0.15) is 12.2 Å². The Kier molecular flexibility index (Phi) is 5.30. The van der Waals surface area contributed by atoms with E-state index < -0.39 is 0 Å². The molecule has 1 rings (SSSR count). The van der Waals surface area contributed by atoms with E-state index >= 15 is 0 Å². The van der Waals surface area contributed by atoms with Gasteiger partial charge in [-0.3, -0.25) is 14.6 Å². The molecule has 0 aliphatic rings. The quantitative estimate of drug-likeness (QED) is 0.568. The molecule has 1 heterocycles. The molecule has 0 unspecified atom stereocenters. The summed E-state index contributed by atoms with van der Waals surface area (Å²) in [6.07, 6.45) is 2.51. The van der Waals surface area contributed by atoms with Gasteiger partial charge in [0.25, 0.3) is 0 Å². The Morgan fingerprint density at radius 1 is 1.39 bits per heavy atom. The minimum Gasteiger partial charge on any atom is -0.468 e. The van der Waals surface area contributed by atoms with Crippen LogP contribution in [0.4, 0.5) is 5.69 Å². The highest BCUT2D eigenvalue weighted by molar-refractivity contribution is 5.92. The van der Waals surface area contributed by atoms with Crippen molar-refractivity contribution in [3.63, 3.8) is 0 Å². The predicted molar refractivity (Wildman–Crippen MR) is 68.8 cm³/mol. The second-order valence-corrected chi connectivity index (χ2v) is 3.96. The molecule has 0 radical (unpaired) electrons. The number of esters is 1. The van der Waals surface area contributed by atoms with E-state index in [1.807, 2.05) is 11.8 Å². The number of carbonyl (C=O) groups is 2. The summed E-state index contributed by atoms with van der Waals surface area (Å²) in [5.74, 6) is -0.365. The number of hydrogen-bond acceptors (Lipinski definition) is 5. The molecule has 0 aromatic carbocycles. The smallest absolute Gasteiger partial charge is 0.325 e. The van der Waals surface area contributed by atoms with Crippen molar-refractivity contribution in [2.45, 2.75) is 20.3 Å². The lowest BCUT2D eigenvalue weighted by atomic mass is 10.2. The highest BCUT2D eigenvalue weighted by Gasteiger charge is 2.12. The third-order valence-corrected chi connectivity index (χ3v) is 2.51. The number of Topliss-reactive ketones (excluding diaryl/α,β-unsaturated/α-hetero) is 1. The summed E-state index contributed by atoms with van der Waals surface area (Å²) in [7, 11) is 1.36. The van der Waals surface area contributed by atoms with Crippen LogP contribution in [-0.4, -0.2) is 36.9 Å². The van der Waals surface area contributed by atoms with Gasteiger partial charge in [0.2, 0.25) is 0 Å². The second-order valence-electron chi connectivity index (χ2n) is 3.96. The summed E-state index contributed by atoms with van der Waals surface area (Å²) in [4.78, 5) is 28.4. The molecule has 98 valence electrons. The zero-order valence-corrected chi connectivity index (χ0v) is 11.0. The molecule has 0 bridgehead atoms. The van der Waals surface area contributed by atoms with E-state index in [2.05, 4.69) is 9.72 Å². The Morgan fingerprint density at radius 3 is 2.56 bits per heavy atom. The van der Waals surface area contributed by atoms with Gasteiger partial charge in [-0.1, -0.05) is 6.92 Å². The van der Waals surface area contributed by atoms with Crippen LogP contribution in [0.2, 0.25) is 0 Å². The molecule has 1 aromatic rings. The fourth-order valence-electron chi connectivity index (χ4n) is 1.57. The Morgan fingerprint density at radius 2 is 2.11 bits per heavy atom. The van der Waals surface area contributed by atoms with Crippen LogP contribution in [0.5, 0.6) is 0 Å². The van der Waals surface area contributed by atoms with Gasteiger partial charge in [0.15, 0.2) is 5.78 Å². The normalized spacial score (nSPS) is 9.94. The molecule has 5 heteroatoms. The predicted octanol–water partition coefficient (Wildman–Crippen LogP) is 1.67. The molecule has 1 aromatic heterocycles. The van der Waals surface area contributed by atoms with E-state index in [0.717, 1.165) is 18.7 Å². The van der Waals surface area contributed by atoms with Gasteiger partial charge >= 0.3 is 5.97 Å². The Hall–Kier alpha value is -1.91. The van der Waals surface area contributed by atoms with Crippen molar-refractivity contribution in [2.24, 2.45) is 0 Å². The first-order chi connectivity index (χ1) is 8.58. The minimum atomic E-state index is -0.293. The van der Waals surface area contributed by atoms with E-state index in [9.17, 15) is 9.59 Å². The largest absolute Gasteiger partial charge is 0.468 e. The van der Waals surface area contributed by atoms with Crippen LogP contribution in [-0.2, 0) is 9.53 Å². The molecule has 0 aliphatic heterocycles. The van der Waals surface area contributed by atoms with Crippen LogP contribution in [0.3, 0.4) is 0 Å². The number of aromatic nitrogens is 1. The first-order valence-electron chi connectivity index (χ1n) is 5.87. The molecule has 0 N–H and O–H groups in total. The standard InChI is InChI=1S/C13H18N2O3/c1-4-7-15(9-13(17)18-3)11-5-6-12(10(2)16)14-8-11/h5-6,8H,4,7,9H2,1-3H3. The van der Waals surface area contributed by atoms with Gasteiger partial charge in [-0.2, -0.15) is 0 Å². The molecule has 0 fully saturated rings. The number of carbonyl (C=O) groups excluding carboxylic acids is 2. The van der Waals surface area contributed by atoms with Gasteiger partial charge in [-0.15, -0.1) is 0 Å². The highest BCUT2D eigenvalue weighted by atomic mass is 16.5. The Labute approximate surface area is 107 Å². The maximum Gasteiger partial charge on any atom is 0.325 e. The molecule has 0 spiro atoms. The first-order valence-corrected chi connectivity index (χ1v) is 5.87. The van der Waals surface area contributed by atoms with Gasteiger partial charge in [-0.25, -0.2) is 0 Å². The summed E-state index contributed by atoms with van der Waals surface area (Å²) in [6, 6.07) is 3.46. The monoisotopic (exact) mass is 250 g/mol. The Bertz CT molecular complexity index is 415. The average molecular weight is 250 g/mol. The summed E-state index contributed by atoms with van der Waals surface area (Å²) < 4.78 is 4.66. The van der Waals surface area contributed by atoms with Gasteiger partial charge in [0.05, 0.1) is 19.0 Å². The number of rotatable bonds is 6. The molecule has 0 atom stereocenters. The number of anilines is 1. The number of ketones is 1. The molecule has 5 nitrogen and oxygen atoms in total. The van der Waals surface area contributed by atoms with Crippen LogP contribution < -0.4 is 4.90 Å². The van der Waals surface area contributed by atoms with Crippen LogP contribution >= 0.6 is 0 Å². The van der Waals surface area contributed by atoms with E-state index in [4.69, 9.17) is 0 Å². The number of ether oxygens (including phenoxy) is 1. The lowest BCUT2D eigenvalue weighted by Gasteiger charge is -2.22. The summed E-state index contributed by atoms with van der Waals surface area (Å²) in [5, 5.41) is 0. The first kappa shape index (κ1) is 14.2. The summed E-state index contributed by atoms with van der Waals surface area (Å²) in [6.45, 7) is 4.42. The van der Waals surface area contributed by atoms with Gasteiger partial charge in [-0.05, 0) is 18.6 Å². The lowest BCUT2D eigenvalue weighted by Crippen LogP contribution is -2.31. The van der Waals surface area contributed by atoms with Crippen molar-refractivity contribution < 1.29 is 14.3 Å². The van der Waals surface area contributed by atoms with E-state index in [-0.39, 0.29) is 18.3 Å². The van der Waals surface area contributed by atoms with Crippen molar-refractivity contribution in [1.82, 2.24) is 4.98 Å². The highest BCUT2D eigenvalue weighted by Crippen LogP contribution is 2.13. The second kappa shape index (κ2) is 6.74. The number of hydrogen-bond donors (Lipinski definition) is 0. The van der Waals surface area contributed by atoms with Gasteiger partial charge < -0.3 is 9.64 Å². The van der Waals surface area contributed by atoms with Crippen molar-refractivity contribution in [2.75, 3.05) is 25.1 Å². The number of nitrogens with zero attached hydrogens (tertiary/aromatic N) is 2. The van der Waals surface area contributed by atoms with Crippen LogP contribution in [0.15, 0.2) is 18.3 Å². The van der Waals surface area contributed by atoms with E-state index in [1.54, 1.807) is 18.3 Å². The number of methoxy groups -OCH3 is 1. The number of pyridine rings is 1. The van der Waals surface area contributed by atoms with Crippen molar-refractivity contribution in [3.8, 4) is 0 Å². The minimum absolute atomic E-state index is 0.0726. The zero-order valence-electron chi connectivity index (χ0n) is 11.0. The van der Waals surface area contributed by atoms with Crippen LogP contribution in [0.25, 0.3) is 0 Å². The average Bonchev–Trinajstić information content (AvgIpc) is 2.38. The molecule has 18 heavy (non-hydrogen) atoms. The van der Waals surface area contributed by atoms with Crippen LogP contribution in [0, 0.1) is 0 Å². The molecular formula is C13H18N2O3. The maximum absolute atomic E-state index is 11.3. The molecule has 0 saturated heterocycles. The fourth-order valence-corrected chi connectivity index (χ4v) is 1.57. The third kappa shape index (κ3) is 3.84. The maximum atomic E-state index is 11.3. The van der Waals surface area contributed by atoms with Crippen molar-refractivity contribution in [3.05, 3.63) is 24.0 Å².